The molecule has 118 valence electrons. The van der Waals surface area contributed by atoms with Crippen molar-refractivity contribution in [3.63, 3.8) is 0 Å². The van der Waals surface area contributed by atoms with E-state index in [1.165, 1.54) is 0 Å². The van der Waals surface area contributed by atoms with Gasteiger partial charge in [0.15, 0.2) is 0 Å². The molecule has 5 heteroatoms. The summed E-state index contributed by atoms with van der Waals surface area (Å²) < 4.78 is 27.7. The standard InChI is InChI=1S/C17H20ClNO2S/c1-3-16(17(18)14-7-5-4-6-8-14)19-22(20,21)15-11-9-13(2)10-12-15/h4-12,16-17,19H,3H2,1-2H3/t16-,17+/m0/s1. The van der Waals surface area contributed by atoms with Gasteiger partial charge in [-0.05, 0) is 31.0 Å². The number of aryl methyl sites for hydroxylation is 1. The number of halogens is 1. The summed E-state index contributed by atoms with van der Waals surface area (Å²) in [6.45, 7) is 3.84. The van der Waals surface area contributed by atoms with Crippen molar-refractivity contribution in [2.75, 3.05) is 0 Å². The number of rotatable bonds is 6. The maximum absolute atomic E-state index is 12.5. The van der Waals surface area contributed by atoms with E-state index in [1.54, 1.807) is 24.3 Å². The van der Waals surface area contributed by atoms with Crippen molar-refractivity contribution in [3.8, 4) is 0 Å². The molecule has 2 rings (SSSR count). The fourth-order valence-corrected chi connectivity index (χ4v) is 4.00. The van der Waals surface area contributed by atoms with Gasteiger partial charge in [0, 0.05) is 6.04 Å². The third-order valence-corrected chi connectivity index (χ3v) is 5.61. The lowest BCUT2D eigenvalue weighted by molar-refractivity contribution is 0.529. The van der Waals surface area contributed by atoms with Crippen molar-refractivity contribution in [1.82, 2.24) is 4.72 Å². The zero-order valence-corrected chi connectivity index (χ0v) is 14.2. The molecule has 0 saturated carbocycles. The summed E-state index contributed by atoms with van der Waals surface area (Å²) in [6, 6.07) is 15.9. The van der Waals surface area contributed by atoms with Crippen molar-refractivity contribution >= 4 is 21.6 Å². The maximum atomic E-state index is 12.5. The van der Waals surface area contributed by atoms with E-state index in [-0.39, 0.29) is 10.9 Å². The summed E-state index contributed by atoms with van der Waals surface area (Å²) in [5.41, 5.74) is 1.92. The molecule has 0 aromatic heterocycles. The molecule has 0 heterocycles. The van der Waals surface area contributed by atoms with E-state index in [2.05, 4.69) is 4.72 Å². The Labute approximate surface area is 137 Å². The molecule has 0 bridgehead atoms. The summed E-state index contributed by atoms with van der Waals surface area (Å²) in [6.07, 6.45) is 0.605. The fourth-order valence-electron chi connectivity index (χ4n) is 2.20. The van der Waals surface area contributed by atoms with Gasteiger partial charge in [-0.3, -0.25) is 0 Å². The average Bonchev–Trinajstić information content (AvgIpc) is 2.53. The number of hydrogen-bond acceptors (Lipinski definition) is 2. The quantitative estimate of drug-likeness (QED) is 0.809. The Bertz CT molecular complexity index is 699. The smallest absolute Gasteiger partial charge is 0.207 e. The first-order valence-electron chi connectivity index (χ1n) is 7.22. The maximum Gasteiger partial charge on any atom is 0.240 e. The molecule has 0 fully saturated rings. The Kier molecular flexibility index (Phi) is 5.62. The Balaban J connectivity index is 2.20. The molecule has 0 saturated heterocycles. The predicted octanol–water partition coefficient (Wildman–Crippen LogP) is 4.03. The lowest BCUT2D eigenvalue weighted by Crippen LogP contribution is -2.37. The number of sulfonamides is 1. The molecule has 0 amide bonds. The number of hydrogen-bond donors (Lipinski definition) is 1. The van der Waals surface area contributed by atoms with Gasteiger partial charge in [-0.25, -0.2) is 13.1 Å². The van der Waals surface area contributed by atoms with Gasteiger partial charge >= 0.3 is 0 Å². The van der Waals surface area contributed by atoms with Gasteiger partial charge in [-0.15, -0.1) is 11.6 Å². The van der Waals surface area contributed by atoms with Gasteiger partial charge in [-0.1, -0.05) is 55.0 Å². The first kappa shape index (κ1) is 17.0. The molecule has 2 aromatic carbocycles. The molecule has 0 spiro atoms. The highest BCUT2D eigenvalue weighted by Gasteiger charge is 2.25. The van der Waals surface area contributed by atoms with E-state index in [1.807, 2.05) is 44.2 Å². The zero-order valence-electron chi connectivity index (χ0n) is 12.7. The van der Waals surface area contributed by atoms with Crippen LogP contribution in [0.3, 0.4) is 0 Å². The molecule has 2 atom stereocenters. The topological polar surface area (TPSA) is 46.2 Å². The minimum atomic E-state index is -3.58. The lowest BCUT2D eigenvalue weighted by Gasteiger charge is -2.22. The first-order chi connectivity index (χ1) is 10.4. The molecule has 0 unspecified atom stereocenters. The molecule has 0 aliphatic heterocycles. The van der Waals surface area contributed by atoms with E-state index < -0.39 is 15.4 Å². The molecule has 1 N–H and O–H groups in total. The van der Waals surface area contributed by atoms with Gasteiger partial charge in [0.25, 0.3) is 0 Å². The van der Waals surface area contributed by atoms with Crippen LogP contribution in [0, 0.1) is 6.92 Å². The Morgan fingerprint density at radius 3 is 2.18 bits per heavy atom. The van der Waals surface area contributed by atoms with Crippen LogP contribution in [-0.4, -0.2) is 14.5 Å². The Morgan fingerprint density at radius 1 is 1.05 bits per heavy atom. The van der Waals surface area contributed by atoms with Crippen LogP contribution in [0.2, 0.25) is 0 Å². The van der Waals surface area contributed by atoms with Crippen molar-refractivity contribution in [2.45, 2.75) is 36.6 Å². The molecule has 22 heavy (non-hydrogen) atoms. The Hall–Kier alpha value is -1.36. The molecular weight excluding hydrogens is 318 g/mol. The van der Waals surface area contributed by atoms with Crippen LogP contribution in [0.5, 0.6) is 0 Å². The highest BCUT2D eigenvalue weighted by molar-refractivity contribution is 7.89. The second-order valence-electron chi connectivity index (χ2n) is 5.26. The fraction of sp³-hybridized carbons (Fsp3) is 0.294. The number of benzene rings is 2. The second kappa shape index (κ2) is 7.27. The van der Waals surface area contributed by atoms with Gasteiger partial charge in [0.05, 0.1) is 10.3 Å². The summed E-state index contributed by atoms with van der Waals surface area (Å²) in [7, 11) is -3.58. The first-order valence-corrected chi connectivity index (χ1v) is 9.14. The highest BCUT2D eigenvalue weighted by atomic mass is 35.5. The van der Waals surface area contributed by atoms with E-state index in [4.69, 9.17) is 11.6 Å². The summed E-state index contributed by atoms with van der Waals surface area (Å²) in [5.74, 6) is 0. The lowest BCUT2D eigenvalue weighted by atomic mass is 10.0. The van der Waals surface area contributed by atoms with Crippen LogP contribution in [-0.2, 0) is 10.0 Å². The Morgan fingerprint density at radius 2 is 1.64 bits per heavy atom. The van der Waals surface area contributed by atoms with Crippen LogP contribution in [0.15, 0.2) is 59.5 Å². The summed E-state index contributed by atoms with van der Waals surface area (Å²) >= 11 is 6.46. The molecule has 0 radical (unpaired) electrons. The molecule has 2 aromatic rings. The third-order valence-electron chi connectivity index (χ3n) is 3.55. The van der Waals surface area contributed by atoms with Gasteiger partial charge < -0.3 is 0 Å². The minimum absolute atomic E-state index is 0.258. The summed E-state index contributed by atoms with van der Waals surface area (Å²) in [4.78, 5) is 0.258. The summed E-state index contributed by atoms with van der Waals surface area (Å²) in [5, 5.41) is -0.411. The van der Waals surface area contributed by atoms with Crippen LogP contribution in [0.4, 0.5) is 0 Å². The zero-order chi connectivity index (χ0) is 16.2. The molecule has 3 nitrogen and oxygen atoms in total. The van der Waals surface area contributed by atoms with Gasteiger partial charge in [-0.2, -0.15) is 0 Å². The van der Waals surface area contributed by atoms with E-state index in [9.17, 15) is 8.42 Å². The van der Waals surface area contributed by atoms with Crippen molar-refractivity contribution in [2.24, 2.45) is 0 Å². The third kappa shape index (κ3) is 4.09. The van der Waals surface area contributed by atoms with Crippen molar-refractivity contribution in [3.05, 3.63) is 65.7 Å². The monoisotopic (exact) mass is 337 g/mol. The molecular formula is C17H20ClNO2S. The van der Waals surface area contributed by atoms with E-state index >= 15 is 0 Å². The van der Waals surface area contributed by atoms with E-state index in [0.29, 0.717) is 6.42 Å². The highest BCUT2D eigenvalue weighted by Crippen LogP contribution is 2.27. The number of alkyl halides is 1. The largest absolute Gasteiger partial charge is 0.240 e. The number of nitrogens with one attached hydrogen (secondary N) is 1. The van der Waals surface area contributed by atoms with Crippen LogP contribution in [0.1, 0.15) is 29.8 Å². The predicted molar refractivity (Wildman–Crippen MR) is 90.6 cm³/mol. The molecule has 0 aliphatic carbocycles. The normalized spacial score (nSPS) is 14.5. The van der Waals surface area contributed by atoms with Crippen LogP contribution >= 0.6 is 11.6 Å². The average molecular weight is 338 g/mol. The SMILES string of the molecule is CC[C@H](NS(=O)(=O)c1ccc(C)cc1)[C@H](Cl)c1ccccc1. The van der Waals surface area contributed by atoms with Crippen molar-refractivity contribution < 1.29 is 8.42 Å². The molecule has 0 aliphatic rings. The van der Waals surface area contributed by atoms with E-state index in [0.717, 1.165) is 11.1 Å². The van der Waals surface area contributed by atoms with Gasteiger partial charge in [0.2, 0.25) is 10.0 Å². The second-order valence-corrected chi connectivity index (χ2v) is 7.45. The minimum Gasteiger partial charge on any atom is -0.207 e. The van der Waals surface area contributed by atoms with Crippen LogP contribution in [0.25, 0.3) is 0 Å². The van der Waals surface area contributed by atoms with Crippen molar-refractivity contribution in [1.29, 1.82) is 0 Å². The van der Waals surface area contributed by atoms with Crippen LogP contribution < -0.4 is 4.72 Å². The van der Waals surface area contributed by atoms with Gasteiger partial charge in [0.1, 0.15) is 0 Å².